The molecule has 1 aliphatic heterocycles. The molecule has 1 aromatic heterocycles. The number of benzene rings is 2. The summed E-state index contributed by atoms with van der Waals surface area (Å²) in [4.78, 5) is 16.5. The third-order valence-corrected chi connectivity index (χ3v) is 6.20. The van der Waals surface area contributed by atoms with Gasteiger partial charge in [-0.2, -0.15) is 4.37 Å². The van der Waals surface area contributed by atoms with Crippen molar-refractivity contribution >= 4 is 39.2 Å². The molecular weight excluding hydrogens is 396 g/mol. The molecule has 0 aliphatic carbocycles. The Morgan fingerprint density at radius 3 is 2.63 bits per heavy atom. The summed E-state index contributed by atoms with van der Waals surface area (Å²) < 4.78 is 11.0. The van der Waals surface area contributed by atoms with E-state index in [0.29, 0.717) is 6.61 Å². The van der Waals surface area contributed by atoms with E-state index in [1.54, 1.807) is 11.5 Å². The van der Waals surface area contributed by atoms with Crippen LogP contribution in [0.2, 0.25) is 0 Å². The van der Waals surface area contributed by atoms with Crippen molar-refractivity contribution in [3.8, 4) is 0 Å². The van der Waals surface area contributed by atoms with E-state index in [9.17, 15) is 4.79 Å². The predicted octanol–water partition coefficient (Wildman–Crippen LogP) is 4.62. The minimum atomic E-state index is -0.393. The number of fused-ring (bicyclic) bond motifs is 1. The molecule has 1 amide bonds. The van der Waals surface area contributed by atoms with Crippen molar-refractivity contribution in [2.75, 3.05) is 49.5 Å². The summed E-state index contributed by atoms with van der Waals surface area (Å²) in [5.41, 5.74) is 2.04. The number of hydrogen-bond acceptors (Lipinski definition) is 6. The normalized spacial score (nSPS) is 14.8. The van der Waals surface area contributed by atoms with Crippen molar-refractivity contribution in [2.45, 2.75) is 19.8 Å². The molecule has 0 spiro atoms. The topological polar surface area (TPSA) is 57.7 Å². The second-order valence-corrected chi connectivity index (χ2v) is 8.34. The van der Waals surface area contributed by atoms with Gasteiger partial charge in [0.05, 0.1) is 11.3 Å². The second kappa shape index (κ2) is 9.91. The maximum atomic E-state index is 11.6. The molecule has 2 heterocycles. The molecule has 158 valence electrons. The molecule has 6 nitrogen and oxygen atoms in total. The molecule has 3 aromatic rings. The van der Waals surface area contributed by atoms with Gasteiger partial charge in [-0.25, -0.2) is 4.79 Å². The highest BCUT2D eigenvalue weighted by atomic mass is 32.1. The average molecular weight is 425 g/mol. The number of rotatable bonds is 7. The van der Waals surface area contributed by atoms with Gasteiger partial charge in [0.2, 0.25) is 0 Å². The van der Waals surface area contributed by atoms with E-state index >= 15 is 0 Å². The number of piperazine rings is 1. The number of aromatic nitrogens is 1. The zero-order chi connectivity index (χ0) is 20.8. The van der Waals surface area contributed by atoms with Gasteiger partial charge in [-0.15, -0.1) is 0 Å². The van der Waals surface area contributed by atoms with Crippen molar-refractivity contribution in [1.82, 2.24) is 9.27 Å². The molecule has 7 heteroatoms. The van der Waals surface area contributed by atoms with Crippen LogP contribution in [0.25, 0.3) is 10.1 Å². The van der Waals surface area contributed by atoms with Crippen molar-refractivity contribution in [3.63, 3.8) is 0 Å². The lowest BCUT2D eigenvalue weighted by molar-refractivity contribution is 0.161. The summed E-state index contributed by atoms with van der Waals surface area (Å²) in [5.74, 6) is 1.14. The van der Waals surface area contributed by atoms with Crippen LogP contribution in [0.3, 0.4) is 0 Å². The maximum absolute atomic E-state index is 11.6. The quantitative estimate of drug-likeness (QED) is 0.600. The number of hydrogen-bond donors (Lipinski definition) is 1. The summed E-state index contributed by atoms with van der Waals surface area (Å²) in [6.07, 6.45) is 1.43. The molecule has 2 aromatic carbocycles. The van der Waals surface area contributed by atoms with Crippen LogP contribution in [-0.2, 0) is 11.2 Å². The van der Waals surface area contributed by atoms with Crippen LogP contribution in [0.4, 0.5) is 16.3 Å². The lowest BCUT2D eigenvalue weighted by Crippen LogP contribution is -2.47. The molecule has 0 unspecified atom stereocenters. The molecule has 1 fully saturated rings. The predicted molar refractivity (Wildman–Crippen MR) is 124 cm³/mol. The van der Waals surface area contributed by atoms with Crippen LogP contribution in [0, 0.1) is 0 Å². The van der Waals surface area contributed by atoms with Crippen LogP contribution in [0.15, 0.2) is 48.5 Å². The monoisotopic (exact) mass is 424 g/mol. The Morgan fingerprint density at radius 2 is 1.87 bits per heavy atom. The minimum absolute atomic E-state index is 0.393. The van der Waals surface area contributed by atoms with Crippen LogP contribution >= 0.6 is 11.5 Å². The van der Waals surface area contributed by atoms with E-state index in [1.807, 2.05) is 19.1 Å². The Bertz CT molecular complexity index is 965. The number of carbonyl (C=O) groups is 1. The molecule has 0 bridgehead atoms. The van der Waals surface area contributed by atoms with Gasteiger partial charge in [0.15, 0.2) is 0 Å². The standard InChI is InChI=1S/C23H28N4O2S/c1-2-17-29-23(28)24-19-9-7-18(8-10-19)11-12-26-13-15-27(16-14-26)22-20-5-3-4-6-21(20)30-25-22/h3-10H,2,11-17H2,1H3,(H,24,28). The molecule has 0 radical (unpaired) electrons. The van der Waals surface area contributed by atoms with Gasteiger partial charge in [0.25, 0.3) is 0 Å². The number of nitrogens with zero attached hydrogens (tertiary/aromatic N) is 3. The highest BCUT2D eigenvalue weighted by Gasteiger charge is 2.20. The largest absolute Gasteiger partial charge is 0.449 e. The van der Waals surface area contributed by atoms with Crippen LogP contribution in [0.1, 0.15) is 18.9 Å². The first kappa shape index (κ1) is 20.6. The summed E-state index contributed by atoms with van der Waals surface area (Å²) in [5, 5.41) is 4.02. The van der Waals surface area contributed by atoms with E-state index in [0.717, 1.165) is 57.1 Å². The van der Waals surface area contributed by atoms with Gasteiger partial charge in [-0.1, -0.05) is 31.2 Å². The molecule has 30 heavy (non-hydrogen) atoms. The molecule has 0 saturated carbocycles. The first-order valence-electron chi connectivity index (χ1n) is 10.6. The van der Waals surface area contributed by atoms with E-state index in [2.05, 4.69) is 51.5 Å². The Morgan fingerprint density at radius 1 is 1.10 bits per heavy atom. The van der Waals surface area contributed by atoms with Crippen LogP contribution in [-0.4, -0.2) is 54.7 Å². The van der Waals surface area contributed by atoms with E-state index in [4.69, 9.17) is 9.11 Å². The van der Waals surface area contributed by atoms with Gasteiger partial charge >= 0.3 is 6.09 Å². The SMILES string of the molecule is CCCOC(=O)Nc1ccc(CCN2CCN(c3nsc4ccccc34)CC2)cc1. The fourth-order valence-corrected chi connectivity index (χ4v) is 4.47. The first-order valence-corrected chi connectivity index (χ1v) is 11.3. The van der Waals surface area contributed by atoms with E-state index in [1.165, 1.54) is 15.6 Å². The average Bonchev–Trinajstić information content (AvgIpc) is 3.22. The summed E-state index contributed by atoms with van der Waals surface area (Å²) in [6.45, 7) is 7.58. The Hall–Kier alpha value is -2.64. The highest BCUT2D eigenvalue weighted by molar-refractivity contribution is 7.13. The number of nitrogens with one attached hydrogen (secondary N) is 1. The third kappa shape index (κ3) is 5.09. The molecule has 1 N–H and O–H groups in total. The molecular formula is C23H28N4O2S. The van der Waals surface area contributed by atoms with Gasteiger partial charge in [-0.3, -0.25) is 10.2 Å². The summed E-state index contributed by atoms with van der Waals surface area (Å²) >= 11 is 1.58. The van der Waals surface area contributed by atoms with Crippen molar-refractivity contribution in [1.29, 1.82) is 0 Å². The number of ether oxygens (including phenoxy) is 1. The zero-order valence-electron chi connectivity index (χ0n) is 17.3. The fraction of sp³-hybridized carbons (Fsp3) is 0.391. The van der Waals surface area contributed by atoms with Crippen molar-refractivity contribution < 1.29 is 9.53 Å². The lowest BCUT2D eigenvalue weighted by Gasteiger charge is -2.35. The van der Waals surface area contributed by atoms with Gasteiger partial charge in [-0.05, 0) is 54.2 Å². The number of carbonyl (C=O) groups excluding carboxylic acids is 1. The van der Waals surface area contributed by atoms with Gasteiger partial charge in [0.1, 0.15) is 5.82 Å². The fourth-order valence-electron chi connectivity index (χ4n) is 3.67. The number of amides is 1. The Labute approximate surface area is 181 Å². The van der Waals surface area contributed by atoms with Crippen molar-refractivity contribution in [2.24, 2.45) is 0 Å². The maximum Gasteiger partial charge on any atom is 0.411 e. The minimum Gasteiger partial charge on any atom is -0.449 e. The van der Waals surface area contributed by atoms with Gasteiger partial charge in [0, 0.05) is 43.8 Å². The highest BCUT2D eigenvalue weighted by Crippen LogP contribution is 2.29. The molecule has 1 saturated heterocycles. The number of anilines is 2. The van der Waals surface area contributed by atoms with Crippen molar-refractivity contribution in [3.05, 3.63) is 54.1 Å². The van der Waals surface area contributed by atoms with Crippen LogP contribution < -0.4 is 10.2 Å². The summed E-state index contributed by atoms with van der Waals surface area (Å²) in [7, 11) is 0. The Balaban J connectivity index is 1.23. The van der Waals surface area contributed by atoms with Gasteiger partial charge < -0.3 is 9.64 Å². The second-order valence-electron chi connectivity index (χ2n) is 7.54. The first-order chi connectivity index (χ1) is 14.7. The molecule has 1 aliphatic rings. The lowest BCUT2D eigenvalue weighted by atomic mass is 10.1. The van der Waals surface area contributed by atoms with E-state index < -0.39 is 6.09 Å². The Kier molecular flexibility index (Phi) is 6.81. The third-order valence-electron chi connectivity index (χ3n) is 5.38. The smallest absolute Gasteiger partial charge is 0.411 e. The molecule has 0 atom stereocenters. The van der Waals surface area contributed by atoms with E-state index in [-0.39, 0.29) is 0 Å². The molecule has 4 rings (SSSR count). The van der Waals surface area contributed by atoms with Crippen LogP contribution in [0.5, 0.6) is 0 Å². The zero-order valence-corrected chi connectivity index (χ0v) is 18.2. The summed E-state index contributed by atoms with van der Waals surface area (Å²) in [6, 6.07) is 16.5.